The Morgan fingerprint density at radius 1 is 1.54 bits per heavy atom. The normalized spacial score (nSPS) is 31.0. The molecule has 1 aliphatic carbocycles. The van der Waals surface area contributed by atoms with E-state index in [0.717, 1.165) is 17.8 Å². The number of fused-ring (bicyclic) bond motifs is 1. The Morgan fingerprint density at radius 3 is 2.79 bits per heavy atom. The van der Waals surface area contributed by atoms with Crippen molar-refractivity contribution in [2.24, 2.45) is 16.6 Å². The molecule has 1 aromatic rings. The van der Waals surface area contributed by atoms with E-state index >= 15 is 0 Å². The summed E-state index contributed by atoms with van der Waals surface area (Å²) in [6.45, 7) is 1.48. The largest absolute Gasteiger partial charge is 0.468 e. The highest BCUT2D eigenvalue weighted by atomic mass is 32.2. The van der Waals surface area contributed by atoms with Crippen LogP contribution in [0.4, 0.5) is 14.5 Å². The molecule has 128 valence electrons. The van der Waals surface area contributed by atoms with Gasteiger partial charge in [-0.25, -0.2) is 8.78 Å². The predicted molar refractivity (Wildman–Crippen MR) is 82.4 cm³/mol. The highest BCUT2D eigenvalue weighted by molar-refractivity contribution is 8.15. The van der Waals surface area contributed by atoms with E-state index in [1.165, 1.54) is 14.0 Å². The summed E-state index contributed by atoms with van der Waals surface area (Å²) >= 11 is 1.02. The van der Waals surface area contributed by atoms with E-state index in [9.17, 15) is 23.7 Å². The Morgan fingerprint density at radius 2 is 2.21 bits per heavy atom. The SMILES string of the molecule is COC(=O)[C@]12C[C@H]1[C@@](C)(c1cc([N+](=O)[O-])cc(F)c1F)N=C(N)S2. The molecule has 3 rings (SSSR count). The fourth-order valence-electron chi connectivity index (χ4n) is 3.26. The molecule has 0 spiro atoms. The number of halogens is 2. The van der Waals surface area contributed by atoms with Gasteiger partial charge in [-0.1, -0.05) is 11.8 Å². The molecule has 0 radical (unpaired) electrons. The number of aliphatic imine (C=N–C) groups is 1. The van der Waals surface area contributed by atoms with Crippen LogP contribution in [0, 0.1) is 27.7 Å². The number of rotatable bonds is 3. The molecule has 3 atom stereocenters. The van der Waals surface area contributed by atoms with Crippen molar-refractivity contribution in [2.75, 3.05) is 7.11 Å². The molecule has 10 heteroatoms. The first-order valence-electron chi connectivity index (χ1n) is 6.92. The lowest BCUT2D eigenvalue weighted by Gasteiger charge is -2.33. The first kappa shape index (κ1) is 16.6. The molecular formula is C14H13F2N3O4S. The molecule has 2 aliphatic rings. The third-order valence-corrected chi connectivity index (χ3v) is 5.80. The topological polar surface area (TPSA) is 108 Å². The van der Waals surface area contributed by atoms with Gasteiger partial charge in [-0.3, -0.25) is 19.9 Å². The maximum Gasteiger partial charge on any atom is 0.322 e. The van der Waals surface area contributed by atoms with Crippen LogP contribution in [0.2, 0.25) is 0 Å². The summed E-state index contributed by atoms with van der Waals surface area (Å²) in [5, 5.41) is 11.0. The van der Waals surface area contributed by atoms with Crippen molar-refractivity contribution >= 4 is 28.6 Å². The first-order chi connectivity index (χ1) is 11.2. The Kier molecular flexibility index (Phi) is 3.55. The average molecular weight is 357 g/mol. The van der Waals surface area contributed by atoms with Gasteiger partial charge in [0, 0.05) is 17.5 Å². The van der Waals surface area contributed by atoms with Gasteiger partial charge < -0.3 is 10.5 Å². The van der Waals surface area contributed by atoms with E-state index in [1.54, 1.807) is 0 Å². The number of nitro groups is 1. The number of nitro benzene ring substituents is 1. The molecular weight excluding hydrogens is 344 g/mol. The van der Waals surface area contributed by atoms with Crippen LogP contribution in [-0.2, 0) is 15.1 Å². The number of hydrogen-bond acceptors (Lipinski definition) is 7. The lowest BCUT2D eigenvalue weighted by Crippen LogP contribution is -2.40. The summed E-state index contributed by atoms with van der Waals surface area (Å²) in [4.78, 5) is 26.4. The summed E-state index contributed by atoms with van der Waals surface area (Å²) in [5.74, 6) is -3.63. The number of benzene rings is 1. The third-order valence-electron chi connectivity index (χ3n) is 4.52. The van der Waals surface area contributed by atoms with Gasteiger partial charge in [0.2, 0.25) is 0 Å². The van der Waals surface area contributed by atoms with Crippen LogP contribution in [0.3, 0.4) is 0 Å². The van der Waals surface area contributed by atoms with Gasteiger partial charge in [-0.05, 0) is 13.3 Å². The van der Waals surface area contributed by atoms with Crippen molar-refractivity contribution in [1.29, 1.82) is 0 Å². The summed E-state index contributed by atoms with van der Waals surface area (Å²) < 4.78 is 32.0. The number of carbonyl (C=O) groups excluding carboxylic acids is 1. The quantitative estimate of drug-likeness (QED) is 0.504. The van der Waals surface area contributed by atoms with Gasteiger partial charge in [-0.2, -0.15) is 0 Å². The third kappa shape index (κ3) is 2.16. The van der Waals surface area contributed by atoms with Crippen LogP contribution >= 0.6 is 11.8 Å². The summed E-state index contributed by atoms with van der Waals surface area (Å²) in [7, 11) is 1.22. The van der Waals surface area contributed by atoms with E-state index in [2.05, 4.69) is 4.99 Å². The number of methoxy groups -OCH3 is 1. The number of non-ortho nitro benzene ring substituents is 1. The zero-order valence-corrected chi connectivity index (χ0v) is 13.5. The van der Waals surface area contributed by atoms with Gasteiger partial charge >= 0.3 is 5.97 Å². The second-order valence-corrected chi connectivity index (χ2v) is 7.23. The molecule has 0 saturated heterocycles. The van der Waals surface area contributed by atoms with Crippen LogP contribution in [0.5, 0.6) is 0 Å². The molecule has 0 unspecified atom stereocenters. The number of amidine groups is 1. The fourth-order valence-corrected chi connectivity index (χ4v) is 4.66. The van der Waals surface area contributed by atoms with Gasteiger partial charge in [0.15, 0.2) is 16.8 Å². The van der Waals surface area contributed by atoms with Crippen LogP contribution in [-0.4, -0.2) is 27.9 Å². The second-order valence-electron chi connectivity index (χ2n) is 5.88. The zero-order valence-electron chi connectivity index (χ0n) is 12.7. The minimum absolute atomic E-state index is 0.0166. The smallest absolute Gasteiger partial charge is 0.322 e. The van der Waals surface area contributed by atoms with Crippen molar-refractivity contribution in [2.45, 2.75) is 23.6 Å². The number of hydrogen-bond donors (Lipinski definition) is 1. The minimum Gasteiger partial charge on any atom is -0.468 e. The Balaban J connectivity index is 2.17. The molecule has 0 amide bonds. The second kappa shape index (κ2) is 5.13. The van der Waals surface area contributed by atoms with Crippen molar-refractivity contribution in [3.8, 4) is 0 Å². The number of carbonyl (C=O) groups is 1. The Labute approximate surface area is 139 Å². The lowest BCUT2D eigenvalue weighted by molar-refractivity contribution is -0.385. The molecule has 1 fully saturated rings. The number of nitrogens with zero attached hydrogens (tertiary/aromatic N) is 2. The number of esters is 1. The molecule has 7 nitrogen and oxygen atoms in total. The fraction of sp³-hybridized carbons (Fsp3) is 0.429. The van der Waals surface area contributed by atoms with Crippen LogP contribution < -0.4 is 5.73 Å². The standard InChI is InChI=1S/C14H13F2N3O4S/c1-13(7-3-6(19(21)22)4-8(15)10(7)16)9-5-14(9,11(20)23-2)24-12(17)18-13/h3-4,9H,5H2,1-2H3,(H2,17,18)/t9-,13+,14-/m0/s1. The summed E-state index contributed by atoms with van der Waals surface area (Å²) in [6, 6.07) is 1.44. The highest BCUT2D eigenvalue weighted by Crippen LogP contribution is 2.66. The van der Waals surface area contributed by atoms with Crippen molar-refractivity contribution < 1.29 is 23.2 Å². The van der Waals surface area contributed by atoms with E-state index in [4.69, 9.17) is 10.5 Å². The predicted octanol–water partition coefficient (Wildman–Crippen LogP) is 2.08. The van der Waals surface area contributed by atoms with Crippen LogP contribution in [0.25, 0.3) is 0 Å². The Bertz CT molecular complexity index is 802. The van der Waals surface area contributed by atoms with Crippen molar-refractivity contribution in [3.63, 3.8) is 0 Å². The minimum atomic E-state index is -1.40. The number of thioether (sulfide) groups is 1. The molecule has 0 aromatic heterocycles. The number of nitrogens with two attached hydrogens (primary N) is 1. The monoisotopic (exact) mass is 357 g/mol. The van der Waals surface area contributed by atoms with Gasteiger partial charge in [-0.15, -0.1) is 0 Å². The molecule has 2 N–H and O–H groups in total. The maximum atomic E-state index is 14.4. The highest BCUT2D eigenvalue weighted by Gasteiger charge is 2.71. The zero-order chi connectivity index (χ0) is 17.9. The lowest BCUT2D eigenvalue weighted by atomic mass is 9.85. The maximum absolute atomic E-state index is 14.4. The van der Waals surface area contributed by atoms with Crippen molar-refractivity contribution in [1.82, 2.24) is 0 Å². The van der Waals surface area contributed by atoms with E-state index < -0.39 is 44.4 Å². The Hall–Kier alpha value is -2.23. The molecule has 1 aliphatic heterocycles. The first-order valence-corrected chi connectivity index (χ1v) is 7.74. The van der Waals surface area contributed by atoms with E-state index in [0.29, 0.717) is 12.5 Å². The van der Waals surface area contributed by atoms with Gasteiger partial charge in [0.05, 0.1) is 23.6 Å². The van der Waals surface area contributed by atoms with Gasteiger partial charge in [0.25, 0.3) is 5.69 Å². The average Bonchev–Trinajstić information content (AvgIpc) is 3.25. The molecule has 1 aromatic carbocycles. The molecule has 24 heavy (non-hydrogen) atoms. The summed E-state index contributed by atoms with van der Waals surface area (Å²) in [6.07, 6.45) is 0.300. The summed E-state index contributed by atoms with van der Waals surface area (Å²) in [5.41, 5.74) is 3.49. The van der Waals surface area contributed by atoms with Gasteiger partial charge in [0.1, 0.15) is 4.75 Å². The number of ether oxygens (including phenoxy) is 1. The molecule has 1 saturated carbocycles. The molecule has 1 heterocycles. The van der Waals surface area contributed by atoms with E-state index in [1.807, 2.05) is 0 Å². The van der Waals surface area contributed by atoms with Crippen molar-refractivity contribution in [3.05, 3.63) is 39.4 Å². The van der Waals surface area contributed by atoms with Crippen LogP contribution in [0.1, 0.15) is 18.9 Å². The molecule has 0 bridgehead atoms. The van der Waals surface area contributed by atoms with Crippen LogP contribution in [0.15, 0.2) is 17.1 Å². The van der Waals surface area contributed by atoms with E-state index in [-0.39, 0.29) is 10.7 Å².